The molecule has 1 heterocycles. The summed E-state index contributed by atoms with van der Waals surface area (Å²) in [7, 11) is -3.36. The van der Waals surface area contributed by atoms with Gasteiger partial charge in [0, 0.05) is 12.6 Å². The lowest BCUT2D eigenvalue weighted by Crippen LogP contribution is -2.38. The molecule has 0 amide bonds. The van der Waals surface area contributed by atoms with Gasteiger partial charge in [0.05, 0.1) is 0 Å². The van der Waals surface area contributed by atoms with Gasteiger partial charge in [-0.25, -0.2) is 13.1 Å². The Balaban J connectivity index is 2.01. The maximum absolute atomic E-state index is 12.0. The minimum atomic E-state index is -3.36. The first kappa shape index (κ1) is 13.0. The van der Waals surface area contributed by atoms with Crippen LogP contribution in [0.25, 0.3) is 0 Å². The molecular weight excluding hydrogens is 258 g/mol. The lowest BCUT2D eigenvalue weighted by Gasteiger charge is -2.28. The Hall–Kier alpha value is -0.430. The normalized spacial score (nSPS) is 25.9. The molecule has 2 rings (SSSR count). The predicted octanol–water partition coefficient (Wildman–Crippen LogP) is 1.58. The second-order valence-electron chi connectivity index (χ2n) is 4.47. The van der Waals surface area contributed by atoms with Crippen molar-refractivity contribution in [2.45, 2.75) is 35.9 Å². The van der Waals surface area contributed by atoms with Crippen LogP contribution >= 0.6 is 11.3 Å². The molecule has 1 aromatic rings. The first-order valence-corrected chi connectivity index (χ1v) is 8.15. The van der Waals surface area contributed by atoms with Crippen LogP contribution in [0.1, 0.15) is 25.7 Å². The van der Waals surface area contributed by atoms with E-state index in [2.05, 4.69) is 4.72 Å². The summed E-state index contributed by atoms with van der Waals surface area (Å²) in [6, 6.07) is 3.31. The van der Waals surface area contributed by atoms with Crippen LogP contribution in [0.5, 0.6) is 0 Å². The summed E-state index contributed by atoms with van der Waals surface area (Å²) in [4.78, 5) is 0. The highest BCUT2D eigenvalue weighted by molar-refractivity contribution is 7.91. The number of rotatable bonds is 4. The maximum atomic E-state index is 12.0. The van der Waals surface area contributed by atoms with E-state index in [-0.39, 0.29) is 18.6 Å². The van der Waals surface area contributed by atoms with Crippen molar-refractivity contribution in [3.05, 3.63) is 17.5 Å². The first-order valence-electron chi connectivity index (χ1n) is 5.78. The van der Waals surface area contributed by atoms with E-state index >= 15 is 0 Å². The molecule has 2 unspecified atom stereocenters. The second-order valence-corrected chi connectivity index (χ2v) is 7.35. The monoisotopic (exact) mass is 275 g/mol. The minimum Gasteiger partial charge on any atom is -0.396 e. The van der Waals surface area contributed by atoms with Crippen LogP contribution in [0.15, 0.2) is 21.7 Å². The van der Waals surface area contributed by atoms with E-state index < -0.39 is 10.0 Å². The highest BCUT2D eigenvalue weighted by Gasteiger charge is 2.26. The Labute approximate surface area is 106 Å². The molecule has 0 aromatic carbocycles. The Morgan fingerprint density at radius 3 is 2.94 bits per heavy atom. The molecule has 0 saturated heterocycles. The molecule has 2 atom stereocenters. The van der Waals surface area contributed by atoms with Crippen molar-refractivity contribution in [3.63, 3.8) is 0 Å². The second kappa shape index (κ2) is 5.48. The molecule has 17 heavy (non-hydrogen) atoms. The van der Waals surface area contributed by atoms with Crippen LogP contribution in [0.3, 0.4) is 0 Å². The standard InChI is InChI=1S/C11H17NO3S2/c13-8-9-3-1-4-10(7-9)12-17(14,15)11-5-2-6-16-11/h2,5-6,9-10,12-13H,1,3-4,7-8H2. The SMILES string of the molecule is O=S(=O)(NC1CCCC(CO)C1)c1cccs1. The number of nitrogens with one attached hydrogen (secondary N) is 1. The van der Waals surface area contributed by atoms with Gasteiger partial charge in [0.15, 0.2) is 0 Å². The average Bonchev–Trinajstić information content (AvgIpc) is 2.83. The number of aliphatic hydroxyl groups excluding tert-OH is 1. The van der Waals surface area contributed by atoms with Crippen LogP contribution < -0.4 is 4.72 Å². The third-order valence-corrected chi connectivity index (χ3v) is 6.04. The fourth-order valence-corrected chi connectivity index (χ4v) is 4.55. The molecule has 96 valence electrons. The van der Waals surface area contributed by atoms with Crippen LogP contribution in [0, 0.1) is 5.92 Å². The largest absolute Gasteiger partial charge is 0.396 e. The predicted molar refractivity (Wildman–Crippen MR) is 67.5 cm³/mol. The molecule has 0 radical (unpaired) electrons. The van der Waals surface area contributed by atoms with Crippen LogP contribution in [-0.4, -0.2) is 26.2 Å². The highest BCUT2D eigenvalue weighted by Crippen LogP contribution is 2.25. The molecule has 1 aliphatic rings. The molecule has 0 spiro atoms. The number of thiophene rings is 1. The van der Waals surface area contributed by atoms with E-state index in [0.29, 0.717) is 4.21 Å². The zero-order chi connectivity index (χ0) is 12.3. The van der Waals surface area contributed by atoms with Gasteiger partial charge in [-0.15, -0.1) is 11.3 Å². The Bertz CT molecular complexity index is 441. The van der Waals surface area contributed by atoms with Crippen molar-refractivity contribution in [1.29, 1.82) is 0 Å². The summed E-state index contributed by atoms with van der Waals surface area (Å²) in [6.07, 6.45) is 3.57. The Morgan fingerprint density at radius 1 is 1.47 bits per heavy atom. The summed E-state index contributed by atoms with van der Waals surface area (Å²) in [5, 5.41) is 10.9. The summed E-state index contributed by atoms with van der Waals surface area (Å²) in [6.45, 7) is 0.150. The lowest BCUT2D eigenvalue weighted by atomic mass is 9.87. The van der Waals surface area contributed by atoms with E-state index in [0.717, 1.165) is 25.7 Å². The zero-order valence-electron chi connectivity index (χ0n) is 9.50. The van der Waals surface area contributed by atoms with Crippen molar-refractivity contribution in [2.75, 3.05) is 6.61 Å². The average molecular weight is 275 g/mol. The summed E-state index contributed by atoms with van der Waals surface area (Å²) in [5.74, 6) is 0.236. The first-order chi connectivity index (χ1) is 8.12. The Morgan fingerprint density at radius 2 is 2.29 bits per heavy atom. The number of hydrogen-bond donors (Lipinski definition) is 2. The summed E-state index contributed by atoms with van der Waals surface area (Å²) >= 11 is 1.23. The van der Waals surface area contributed by atoms with Gasteiger partial charge in [-0.3, -0.25) is 0 Å². The van der Waals surface area contributed by atoms with E-state index in [1.165, 1.54) is 11.3 Å². The van der Waals surface area contributed by atoms with Gasteiger partial charge >= 0.3 is 0 Å². The maximum Gasteiger partial charge on any atom is 0.250 e. The number of aliphatic hydroxyl groups is 1. The molecule has 0 bridgehead atoms. The van der Waals surface area contributed by atoms with Crippen molar-refractivity contribution in [3.8, 4) is 0 Å². The summed E-state index contributed by atoms with van der Waals surface area (Å²) < 4.78 is 27.1. The fourth-order valence-electron chi connectivity index (χ4n) is 2.26. The topological polar surface area (TPSA) is 66.4 Å². The molecule has 1 saturated carbocycles. The quantitative estimate of drug-likeness (QED) is 0.876. The van der Waals surface area contributed by atoms with Gasteiger partial charge in [-0.1, -0.05) is 12.5 Å². The van der Waals surface area contributed by atoms with Gasteiger partial charge in [-0.2, -0.15) is 0 Å². The Kier molecular flexibility index (Phi) is 4.19. The van der Waals surface area contributed by atoms with Crippen molar-refractivity contribution in [1.82, 2.24) is 4.72 Å². The number of hydrogen-bond acceptors (Lipinski definition) is 4. The molecule has 1 aliphatic carbocycles. The third kappa shape index (κ3) is 3.28. The van der Waals surface area contributed by atoms with Gasteiger partial charge in [-0.05, 0) is 36.6 Å². The van der Waals surface area contributed by atoms with E-state index in [1.54, 1.807) is 17.5 Å². The van der Waals surface area contributed by atoms with E-state index in [4.69, 9.17) is 5.11 Å². The van der Waals surface area contributed by atoms with Gasteiger partial charge < -0.3 is 5.11 Å². The lowest BCUT2D eigenvalue weighted by molar-refractivity contribution is 0.177. The van der Waals surface area contributed by atoms with Gasteiger partial charge in [0.2, 0.25) is 10.0 Å². The molecule has 1 aromatic heterocycles. The van der Waals surface area contributed by atoms with Gasteiger partial charge in [0.1, 0.15) is 4.21 Å². The van der Waals surface area contributed by atoms with Crippen LogP contribution in [-0.2, 0) is 10.0 Å². The molecule has 1 fully saturated rings. The van der Waals surface area contributed by atoms with Crippen molar-refractivity contribution in [2.24, 2.45) is 5.92 Å². The smallest absolute Gasteiger partial charge is 0.250 e. The molecular formula is C11H17NO3S2. The molecule has 4 nitrogen and oxygen atoms in total. The third-order valence-electron chi connectivity index (χ3n) is 3.12. The van der Waals surface area contributed by atoms with Crippen molar-refractivity contribution < 1.29 is 13.5 Å². The van der Waals surface area contributed by atoms with E-state index in [9.17, 15) is 8.42 Å². The van der Waals surface area contributed by atoms with Crippen LogP contribution in [0.2, 0.25) is 0 Å². The van der Waals surface area contributed by atoms with Gasteiger partial charge in [0.25, 0.3) is 0 Å². The van der Waals surface area contributed by atoms with Crippen molar-refractivity contribution >= 4 is 21.4 Å². The zero-order valence-corrected chi connectivity index (χ0v) is 11.1. The molecule has 2 N–H and O–H groups in total. The molecule has 0 aliphatic heterocycles. The fraction of sp³-hybridized carbons (Fsp3) is 0.636. The molecule has 6 heteroatoms. The van der Waals surface area contributed by atoms with Crippen LogP contribution in [0.4, 0.5) is 0 Å². The van der Waals surface area contributed by atoms with E-state index in [1.807, 2.05) is 0 Å². The minimum absolute atomic E-state index is 0.0343. The number of sulfonamides is 1. The summed E-state index contributed by atoms with van der Waals surface area (Å²) in [5.41, 5.74) is 0. The highest BCUT2D eigenvalue weighted by atomic mass is 32.2.